The number of aromatic amines is 1. The van der Waals surface area contributed by atoms with E-state index in [0.717, 1.165) is 18.8 Å². The second-order valence-corrected chi connectivity index (χ2v) is 4.34. The molecular weight excluding hydrogens is 238 g/mol. The third kappa shape index (κ3) is 3.01. The van der Waals surface area contributed by atoms with E-state index in [1.165, 1.54) is 11.3 Å². The van der Waals surface area contributed by atoms with Crippen molar-refractivity contribution in [1.29, 1.82) is 0 Å². The van der Waals surface area contributed by atoms with Gasteiger partial charge in [-0.2, -0.15) is 5.10 Å². The highest BCUT2D eigenvalue weighted by atomic mass is 15.3. The van der Waals surface area contributed by atoms with Gasteiger partial charge in [0, 0.05) is 17.6 Å². The number of nitrogens with zero attached hydrogens (tertiary/aromatic N) is 3. The molecule has 0 radical (unpaired) electrons. The first-order chi connectivity index (χ1) is 9.40. The van der Waals surface area contributed by atoms with Gasteiger partial charge in [0.15, 0.2) is 0 Å². The SMILES string of the molecule is c1c[nH]c(CNc2ccc(Cn3cncn3)cc2)c1. The molecular formula is C14H15N5. The largest absolute Gasteiger partial charge is 0.379 e. The van der Waals surface area contributed by atoms with Gasteiger partial charge >= 0.3 is 0 Å². The molecule has 2 heterocycles. The Labute approximate surface area is 111 Å². The number of nitrogens with one attached hydrogen (secondary N) is 2. The Morgan fingerprint density at radius 1 is 1.16 bits per heavy atom. The van der Waals surface area contributed by atoms with E-state index in [2.05, 4.69) is 50.7 Å². The molecule has 0 aliphatic rings. The zero-order valence-electron chi connectivity index (χ0n) is 10.5. The molecule has 5 nitrogen and oxygen atoms in total. The standard InChI is InChI=1S/C14H15N5/c1-2-14(16-7-1)8-17-13-5-3-12(4-6-13)9-19-11-15-10-18-19/h1-7,10-11,16-17H,8-9H2. The highest BCUT2D eigenvalue weighted by Crippen LogP contribution is 2.11. The van der Waals surface area contributed by atoms with Crippen LogP contribution in [0.25, 0.3) is 0 Å². The molecule has 0 aliphatic carbocycles. The van der Waals surface area contributed by atoms with E-state index in [4.69, 9.17) is 0 Å². The molecule has 3 rings (SSSR count). The van der Waals surface area contributed by atoms with Crippen molar-refractivity contribution in [2.24, 2.45) is 0 Å². The molecule has 2 aromatic heterocycles. The third-order valence-corrected chi connectivity index (χ3v) is 2.91. The summed E-state index contributed by atoms with van der Waals surface area (Å²) in [5.74, 6) is 0. The number of benzene rings is 1. The van der Waals surface area contributed by atoms with Crippen LogP contribution in [0, 0.1) is 0 Å². The Balaban J connectivity index is 1.59. The summed E-state index contributed by atoms with van der Waals surface area (Å²) < 4.78 is 1.81. The van der Waals surface area contributed by atoms with Crippen LogP contribution >= 0.6 is 0 Å². The van der Waals surface area contributed by atoms with E-state index in [9.17, 15) is 0 Å². The van der Waals surface area contributed by atoms with Crippen LogP contribution < -0.4 is 5.32 Å². The maximum Gasteiger partial charge on any atom is 0.137 e. The lowest BCUT2D eigenvalue weighted by atomic mass is 10.2. The maximum atomic E-state index is 4.09. The van der Waals surface area contributed by atoms with Gasteiger partial charge in [0.1, 0.15) is 12.7 Å². The summed E-state index contributed by atoms with van der Waals surface area (Å²) >= 11 is 0. The van der Waals surface area contributed by atoms with Gasteiger partial charge in [0.05, 0.1) is 13.1 Å². The second kappa shape index (κ2) is 5.39. The van der Waals surface area contributed by atoms with Crippen molar-refractivity contribution < 1.29 is 0 Å². The Morgan fingerprint density at radius 3 is 2.74 bits per heavy atom. The predicted octanol–water partition coefficient (Wildman–Crippen LogP) is 2.27. The van der Waals surface area contributed by atoms with E-state index >= 15 is 0 Å². The summed E-state index contributed by atoms with van der Waals surface area (Å²) in [5, 5.41) is 7.46. The van der Waals surface area contributed by atoms with Gasteiger partial charge < -0.3 is 10.3 Å². The van der Waals surface area contributed by atoms with Crippen molar-refractivity contribution >= 4 is 5.69 Å². The molecule has 0 aliphatic heterocycles. The van der Waals surface area contributed by atoms with Gasteiger partial charge in [-0.3, -0.25) is 0 Å². The molecule has 2 N–H and O–H groups in total. The highest BCUT2D eigenvalue weighted by molar-refractivity contribution is 5.44. The fourth-order valence-corrected chi connectivity index (χ4v) is 1.90. The second-order valence-electron chi connectivity index (χ2n) is 4.34. The first-order valence-electron chi connectivity index (χ1n) is 6.18. The molecule has 0 amide bonds. The molecule has 0 bridgehead atoms. The van der Waals surface area contributed by atoms with E-state index in [1.54, 1.807) is 17.3 Å². The Hall–Kier alpha value is -2.56. The smallest absolute Gasteiger partial charge is 0.137 e. The minimum atomic E-state index is 0.747. The summed E-state index contributed by atoms with van der Waals surface area (Å²) in [6.07, 6.45) is 5.20. The van der Waals surface area contributed by atoms with E-state index in [-0.39, 0.29) is 0 Å². The minimum absolute atomic E-state index is 0.747. The van der Waals surface area contributed by atoms with Gasteiger partial charge in [-0.25, -0.2) is 9.67 Å². The number of rotatable bonds is 5. The van der Waals surface area contributed by atoms with Crippen molar-refractivity contribution in [3.8, 4) is 0 Å². The minimum Gasteiger partial charge on any atom is -0.379 e. The Morgan fingerprint density at radius 2 is 2.05 bits per heavy atom. The summed E-state index contributed by atoms with van der Waals surface area (Å²) in [4.78, 5) is 7.10. The van der Waals surface area contributed by atoms with Crippen LogP contribution in [-0.2, 0) is 13.1 Å². The van der Waals surface area contributed by atoms with Crippen LogP contribution in [0.2, 0.25) is 0 Å². The van der Waals surface area contributed by atoms with E-state index in [0.29, 0.717) is 0 Å². The van der Waals surface area contributed by atoms with E-state index < -0.39 is 0 Å². The summed E-state index contributed by atoms with van der Waals surface area (Å²) in [5.41, 5.74) is 3.49. The van der Waals surface area contributed by atoms with Crippen LogP contribution in [0.15, 0.2) is 55.2 Å². The molecule has 5 heteroatoms. The molecule has 3 aromatic rings. The molecule has 96 valence electrons. The van der Waals surface area contributed by atoms with Gasteiger partial charge in [-0.05, 0) is 29.8 Å². The fourth-order valence-electron chi connectivity index (χ4n) is 1.90. The number of hydrogen-bond donors (Lipinski definition) is 2. The summed E-state index contributed by atoms with van der Waals surface area (Å²) in [6.45, 7) is 1.55. The van der Waals surface area contributed by atoms with Crippen molar-refractivity contribution in [3.05, 3.63) is 66.5 Å². The Kier molecular flexibility index (Phi) is 3.27. The quantitative estimate of drug-likeness (QED) is 0.733. The number of hydrogen-bond acceptors (Lipinski definition) is 3. The summed E-state index contributed by atoms with van der Waals surface area (Å²) in [7, 11) is 0. The molecule has 19 heavy (non-hydrogen) atoms. The molecule has 0 saturated heterocycles. The van der Waals surface area contributed by atoms with Crippen molar-refractivity contribution in [1.82, 2.24) is 19.7 Å². The zero-order valence-corrected chi connectivity index (χ0v) is 10.5. The monoisotopic (exact) mass is 253 g/mol. The normalized spacial score (nSPS) is 10.5. The molecule has 1 aromatic carbocycles. The molecule has 0 spiro atoms. The van der Waals surface area contributed by atoms with Crippen LogP contribution in [0.5, 0.6) is 0 Å². The van der Waals surface area contributed by atoms with E-state index in [1.807, 2.05) is 12.3 Å². The van der Waals surface area contributed by atoms with Crippen LogP contribution in [-0.4, -0.2) is 19.7 Å². The number of H-pyrrole nitrogens is 1. The highest BCUT2D eigenvalue weighted by Gasteiger charge is 1.97. The lowest BCUT2D eigenvalue weighted by Crippen LogP contribution is -2.01. The van der Waals surface area contributed by atoms with Crippen LogP contribution in [0.3, 0.4) is 0 Å². The predicted molar refractivity (Wildman–Crippen MR) is 73.7 cm³/mol. The maximum absolute atomic E-state index is 4.09. The van der Waals surface area contributed by atoms with Crippen molar-refractivity contribution in [2.45, 2.75) is 13.1 Å². The van der Waals surface area contributed by atoms with Gasteiger partial charge in [0.25, 0.3) is 0 Å². The van der Waals surface area contributed by atoms with Gasteiger partial charge in [-0.1, -0.05) is 12.1 Å². The average Bonchev–Trinajstić information content (AvgIpc) is 3.11. The molecule has 0 unspecified atom stereocenters. The first-order valence-corrected chi connectivity index (χ1v) is 6.18. The fraction of sp³-hybridized carbons (Fsp3) is 0.143. The molecule has 0 saturated carbocycles. The topological polar surface area (TPSA) is 58.5 Å². The number of aromatic nitrogens is 4. The third-order valence-electron chi connectivity index (χ3n) is 2.91. The van der Waals surface area contributed by atoms with Crippen molar-refractivity contribution in [3.63, 3.8) is 0 Å². The van der Waals surface area contributed by atoms with Crippen LogP contribution in [0.1, 0.15) is 11.3 Å². The molecule has 0 fully saturated rings. The van der Waals surface area contributed by atoms with Crippen molar-refractivity contribution in [2.75, 3.05) is 5.32 Å². The van der Waals surface area contributed by atoms with Gasteiger partial charge in [-0.15, -0.1) is 0 Å². The lowest BCUT2D eigenvalue weighted by molar-refractivity contribution is 0.685. The van der Waals surface area contributed by atoms with Crippen LogP contribution in [0.4, 0.5) is 5.69 Å². The Bertz CT molecular complexity index is 596. The summed E-state index contributed by atoms with van der Waals surface area (Å²) in [6, 6.07) is 12.4. The number of anilines is 1. The molecule has 0 atom stereocenters. The average molecular weight is 253 g/mol. The first kappa shape index (κ1) is 11.5. The van der Waals surface area contributed by atoms with Gasteiger partial charge in [0.2, 0.25) is 0 Å². The zero-order chi connectivity index (χ0) is 12.9. The lowest BCUT2D eigenvalue weighted by Gasteiger charge is -2.06.